The average molecular weight is 267 g/mol. The molecule has 3 heteroatoms. The molecule has 0 aliphatic heterocycles. The maximum Gasteiger partial charge on any atom is 0.263 e. The molecule has 3 atom stereocenters. The number of benzene rings is 1. The van der Waals surface area contributed by atoms with Crippen molar-refractivity contribution in [2.75, 3.05) is 0 Å². The van der Waals surface area contributed by atoms with Crippen molar-refractivity contribution in [3.63, 3.8) is 0 Å². The van der Waals surface area contributed by atoms with Gasteiger partial charge in [0.15, 0.2) is 0 Å². The van der Waals surface area contributed by atoms with E-state index in [1.54, 1.807) is 12.1 Å². The number of nitrogens with one attached hydrogen (secondary N) is 1. The second kappa shape index (κ2) is 6.47. The lowest BCUT2D eigenvalue weighted by Gasteiger charge is -2.32. The van der Waals surface area contributed by atoms with Crippen molar-refractivity contribution in [1.29, 1.82) is 0 Å². The van der Waals surface area contributed by atoms with Gasteiger partial charge in [0.25, 0.3) is 6.43 Å². The van der Waals surface area contributed by atoms with E-state index in [1.165, 1.54) is 25.3 Å². The molecule has 1 nitrogen and oxygen atoms in total. The number of hydrogen-bond donors (Lipinski definition) is 1. The van der Waals surface area contributed by atoms with Crippen LogP contribution in [0, 0.1) is 11.8 Å². The van der Waals surface area contributed by atoms with E-state index in [4.69, 9.17) is 0 Å². The Balaban J connectivity index is 1.87. The highest BCUT2D eigenvalue weighted by Gasteiger charge is 2.23. The molecule has 0 bridgehead atoms. The Bertz CT molecular complexity index is 405. The third-order valence-corrected chi connectivity index (χ3v) is 4.40. The summed E-state index contributed by atoms with van der Waals surface area (Å²) < 4.78 is 25.2. The lowest BCUT2D eigenvalue weighted by atomic mass is 9.79. The van der Waals surface area contributed by atoms with E-state index in [0.717, 1.165) is 17.4 Å². The molecule has 0 aromatic heterocycles. The Morgan fingerprint density at radius 2 is 2.00 bits per heavy atom. The van der Waals surface area contributed by atoms with E-state index in [0.29, 0.717) is 12.6 Å². The van der Waals surface area contributed by atoms with Gasteiger partial charge in [0.2, 0.25) is 0 Å². The molecule has 3 unspecified atom stereocenters. The Kier molecular flexibility index (Phi) is 4.92. The van der Waals surface area contributed by atoms with E-state index in [2.05, 4.69) is 19.2 Å². The monoisotopic (exact) mass is 267 g/mol. The molecule has 19 heavy (non-hydrogen) atoms. The standard InChI is InChI=1S/C16H23F2N/c1-11-6-7-15(8-12(11)2)19-10-13-4-3-5-14(9-13)16(17)18/h3-5,9,11-12,15-16,19H,6-8,10H2,1-2H3. The maximum absolute atomic E-state index is 12.6. The summed E-state index contributed by atoms with van der Waals surface area (Å²) in [4.78, 5) is 0. The number of halogens is 2. The topological polar surface area (TPSA) is 12.0 Å². The third-order valence-electron chi connectivity index (χ3n) is 4.40. The summed E-state index contributed by atoms with van der Waals surface area (Å²) in [6, 6.07) is 7.24. The Labute approximate surface area is 114 Å². The van der Waals surface area contributed by atoms with Crippen molar-refractivity contribution >= 4 is 0 Å². The Morgan fingerprint density at radius 3 is 2.68 bits per heavy atom. The molecule has 0 saturated heterocycles. The van der Waals surface area contributed by atoms with Gasteiger partial charge in [-0.3, -0.25) is 0 Å². The number of alkyl halides is 2. The lowest BCUT2D eigenvalue weighted by molar-refractivity contribution is 0.151. The molecule has 1 aromatic carbocycles. The fourth-order valence-corrected chi connectivity index (χ4v) is 2.83. The van der Waals surface area contributed by atoms with Gasteiger partial charge in [-0.25, -0.2) is 8.78 Å². The minimum Gasteiger partial charge on any atom is -0.310 e. The molecule has 1 saturated carbocycles. The molecule has 1 N–H and O–H groups in total. The van der Waals surface area contributed by atoms with E-state index < -0.39 is 6.43 Å². The van der Waals surface area contributed by atoms with Gasteiger partial charge in [0.05, 0.1) is 0 Å². The molecule has 0 radical (unpaired) electrons. The van der Waals surface area contributed by atoms with Crippen LogP contribution in [0.25, 0.3) is 0 Å². The van der Waals surface area contributed by atoms with Crippen LogP contribution in [0.5, 0.6) is 0 Å². The van der Waals surface area contributed by atoms with Gasteiger partial charge in [0.1, 0.15) is 0 Å². The van der Waals surface area contributed by atoms with Crippen molar-refractivity contribution in [2.24, 2.45) is 11.8 Å². The van der Waals surface area contributed by atoms with Crippen LogP contribution in [0.3, 0.4) is 0 Å². The summed E-state index contributed by atoms with van der Waals surface area (Å²) in [5, 5.41) is 3.51. The summed E-state index contributed by atoms with van der Waals surface area (Å²) >= 11 is 0. The SMILES string of the molecule is CC1CCC(NCc2cccc(C(F)F)c2)CC1C. The van der Waals surface area contributed by atoms with Gasteiger partial charge < -0.3 is 5.32 Å². The first-order valence-electron chi connectivity index (χ1n) is 7.16. The van der Waals surface area contributed by atoms with Crippen LogP contribution in [-0.4, -0.2) is 6.04 Å². The zero-order valence-electron chi connectivity index (χ0n) is 11.7. The summed E-state index contributed by atoms with van der Waals surface area (Å²) in [6.07, 6.45) is 1.27. The molecule has 0 amide bonds. The minimum atomic E-state index is -2.38. The third kappa shape index (κ3) is 4.00. The molecule has 1 fully saturated rings. The van der Waals surface area contributed by atoms with Gasteiger partial charge >= 0.3 is 0 Å². The zero-order valence-corrected chi connectivity index (χ0v) is 11.7. The fraction of sp³-hybridized carbons (Fsp3) is 0.625. The molecule has 0 spiro atoms. The first kappa shape index (κ1) is 14.4. The highest BCUT2D eigenvalue weighted by atomic mass is 19.3. The van der Waals surface area contributed by atoms with Gasteiger partial charge in [0, 0.05) is 18.2 Å². The van der Waals surface area contributed by atoms with Crippen molar-refractivity contribution in [2.45, 2.75) is 52.1 Å². The summed E-state index contributed by atoms with van der Waals surface area (Å²) in [5.74, 6) is 1.55. The first-order valence-corrected chi connectivity index (χ1v) is 7.16. The van der Waals surface area contributed by atoms with E-state index in [-0.39, 0.29) is 5.56 Å². The van der Waals surface area contributed by atoms with Gasteiger partial charge in [-0.15, -0.1) is 0 Å². The lowest BCUT2D eigenvalue weighted by Crippen LogP contribution is -2.35. The highest BCUT2D eigenvalue weighted by Crippen LogP contribution is 2.29. The van der Waals surface area contributed by atoms with Crippen LogP contribution in [0.4, 0.5) is 8.78 Å². The normalized spacial score (nSPS) is 27.7. The molecular weight excluding hydrogens is 244 g/mol. The average Bonchev–Trinajstić information content (AvgIpc) is 2.40. The highest BCUT2D eigenvalue weighted by molar-refractivity contribution is 5.24. The largest absolute Gasteiger partial charge is 0.310 e. The summed E-state index contributed by atoms with van der Waals surface area (Å²) in [5.41, 5.74) is 1.06. The molecule has 1 aromatic rings. The minimum absolute atomic E-state index is 0.116. The predicted octanol–water partition coefficient (Wildman–Crippen LogP) is 4.54. The van der Waals surface area contributed by atoms with Crippen molar-refractivity contribution in [1.82, 2.24) is 5.32 Å². The van der Waals surface area contributed by atoms with Gasteiger partial charge in [-0.1, -0.05) is 32.0 Å². The van der Waals surface area contributed by atoms with Crippen molar-refractivity contribution in [3.05, 3.63) is 35.4 Å². The van der Waals surface area contributed by atoms with Crippen LogP contribution >= 0.6 is 0 Å². The van der Waals surface area contributed by atoms with Crippen molar-refractivity contribution in [3.8, 4) is 0 Å². The van der Waals surface area contributed by atoms with Crippen LogP contribution in [-0.2, 0) is 6.54 Å². The molecule has 2 rings (SSSR count). The number of rotatable bonds is 4. The summed E-state index contributed by atoms with van der Waals surface area (Å²) in [6.45, 7) is 5.30. The summed E-state index contributed by atoms with van der Waals surface area (Å²) in [7, 11) is 0. The van der Waals surface area contributed by atoms with E-state index in [1.807, 2.05) is 6.07 Å². The molecule has 1 aliphatic rings. The quantitative estimate of drug-likeness (QED) is 0.844. The maximum atomic E-state index is 12.6. The second-order valence-corrected chi connectivity index (χ2v) is 5.89. The van der Waals surface area contributed by atoms with Crippen LogP contribution in [0.1, 0.15) is 50.7 Å². The predicted molar refractivity (Wildman–Crippen MR) is 74.2 cm³/mol. The Hall–Kier alpha value is -0.960. The fourth-order valence-electron chi connectivity index (χ4n) is 2.83. The van der Waals surface area contributed by atoms with Gasteiger partial charge in [-0.05, 0) is 42.7 Å². The van der Waals surface area contributed by atoms with Crippen molar-refractivity contribution < 1.29 is 8.78 Å². The van der Waals surface area contributed by atoms with E-state index in [9.17, 15) is 8.78 Å². The van der Waals surface area contributed by atoms with E-state index >= 15 is 0 Å². The van der Waals surface area contributed by atoms with Crippen LogP contribution in [0.15, 0.2) is 24.3 Å². The smallest absolute Gasteiger partial charge is 0.263 e. The van der Waals surface area contributed by atoms with Crippen LogP contribution in [0.2, 0.25) is 0 Å². The molecule has 106 valence electrons. The number of hydrogen-bond acceptors (Lipinski definition) is 1. The molecule has 0 heterocycles. The Morgan fingerprint density at radius 1 is 1.21 bits per heavy atom. The zero-order chi connectivity index (χ0) is 13.8. The van der Waals surface area contributed by atoms with Crippen LogP contribution < -0.4 is 5.32 Å². The van der Waals surface area contributed by atoms with Gasteiger partial charge in [-0.2, -0.15) is 0 Å². The second-order valence-electron chi connectivity index (χ2n) is 5.89. The molecule has 1 aliphatic carbocycles. The molecular formula is C16H23F2N. The first-order chi connectivity index (χ1) is 9.06.